The zero-order valence-electron chi connectivity index (χ0n) is 8.73. The molecule has 0 bridgehead atoms. The molecule has 1 saturated carbocycles. The molecule has 78 valence electrons. The van der Waals surface area contributed by atoms with E-state index in [1.165, 1.54) is 0 Å². The average molecular weight is 203 g/mol. The van der Waals surface area contributed by atoms with E-state index in [4.69, 9.17) is 0 Å². The van der Waals surface area contributed by atoms with Crippen LogP contribution in [-0.2, 0) is 11.2 Å². The minimum Gasteiger partial charge on any atom is -0.293 e. The van der Waals surface area contributed by atoms with E-state index in [0.29, 0.717) is 12.5 Å². The van der Waals surface area contributed by atoms with Gasteiger partial charge < -0.3 is 0 Å². The Labute approximate surface area is 88.3 Å². The van der Waals surface area contributed by atoms with E-state index in [1.54, 1.807) is 6.33 Å². The number of nitrogens with zero attached hydrogens (tertiary/aromatic N) is 3. The minimum absolute atomic E-state index is 0.225. The highest BCUT2D eigenvalue weighted by Crippen LogP contribution is 2.36. The average Bonchev–Trinajstić information content (AvgIpc) is 3.01. The molecule has 1 aliphatic carbocycles. The normalized spacial score (nSPS) is 20.3. The minimum atomic E-state index is 0.225. The van der Waals surface area contributed by atoms with Crippen LogP contribution in [0.4, 0.5) is 5.82 Å². The highest BCUT2D eigenvalue weighted by molar-refractivity contribution is 5.96. The summed E-state index contributed by atoms with van der Waals surface area (Å²) in [6.07, 6.45) is 5.20. The van der Waals surface area contributed by atoms with E-state index >= 15 is 0 Å². The number of hydrogen-bond acceptors (Lipinski definition) is 3. The lowest BCUT2D eigenvalue weighted by atomic mass is 10.0. The van der Waals surface area contributed by atoms with Crippen molar-refractivity contribution in [1.82, 2.24) is 9.97 Å². The maximum Gasteiger partial charge on any atom is 0.228 e. The first-order valence-electron chi connectivity index (χ1n) is 5.40. The van der Waals surface area contributed by atoms with Gasteiger partial charge in [0.05, 0.1) is 0 Å². The van der Waals surface area contributed by atoms with E-state index in [1.807, 2.05) is 11.8 Å². The third-order valence-corrected chi connectivity index (χ3v) is 3.14. The molecule has 3 rings (SSSR count). The predicted octanol–water partition coefficient (Wildman–Crippen LogP) is 1.23. The van der Waals surface area contributed by atoms with Crippen LogP contribution in [0, 0.1) is 6.92 Å². The molecule has 0 aromatic carbocycles. The molecule has 2 heterocycles. The van der Waals surface area contributed by atoms with Crippen molar-refractivity contribution in [2.75, 3.05) is 4.90 Å². The van der Waals surface area contributed by atoms with Gasteiger partial charge in [-0.1, -0.05) is 0 Å². The zero-order valence-corrected chi connectivity index (χ0v) is 8.73. The first-order chi connectivity index (χ1) is 7.27. The molecule has 1 aromatic rings. The van der Waals surface area contributed by atoms with E-state index in [0.717, 1.165) is 36.3 Å². The first kappa shape index (κ1) is 8.83. The Morgan fingerprint density at radius 3 is 2.87 bits per heavy atom. The van der Waals surface area contributed by atoms with Crippen LogP contribution < -0.4 is 4.90 Å². The van der Waals surface area contributed by atoms with Gasteiger partial charge in [-0.05, 0) is 26.2 Å². The highest BCUT2D eigenvalue weighted by Gasteiger charge is 2.38. The van der Waals surface area contributed by atoms with Crippen LogP contribution in [-0.4, -0.2) is 21.9 Å². The van der Waals surface area contributed by atoms with Crippen molar-refractivity contribution in [2.24, 2.45) is 0 Å². The second-order valence-electron chi connectivity index (χ2n) is 4.26. The molecule has 0 atom stereocenters. The molecule has 1 fully saturated rings. The summed E-state index contributed by atoms with van der Waals surface area (Å²) in [6.45, 7) is 1.99. The zero-order chi connectivity index (χ0) is 10.4. The third-order valence-electron chi connectivity index (χ3n) is 3.14. The maximum absolute atomic E-state index is 11.8. The Bertz CT molecular complexity index is 426. The summed E-state index contributed by atoms with van der Waals surface area (Å²) in [6, 6.07) is 0.408. The standard InChI is InChI=1S/C11H13N3O/c1-7-9-4-5-10(15)14(8-2-3-8)11(9)13-6-12-7/h6,8H,2-5H2,1H3. The third kappa shape index (κ3) is 1.32. The summed E-state index contributed by atoms with van der Waals surface area (Å²) in [5.74, 6) is 1.09. The number of rotatable bonds is 1. The molecule has 0 radical (unpaired) electrons. The van der Waals surface area contributed by atoms with Crippen molar-refractivity contribution >= 4 is 11.7 Å². The van der Waals surface area contributed by atoms with Crippen LogP contribution in [0.3, 0.4) is 0 Å². The van der Waals surface area contributed by atoms with Crippen LogP contribution in [0.2, 0.25) is 0 Å². The second kappa shape index (κ2) is 3.02. The topological polar surface area (TPSA) is 46.1 Å². The second-order valence-corrected chi connectivity index (χ2v) is 4.26. The van der Waals surface area contributed by atoms with Crippen molar-refractivity contribution in [3.05, 3.63) is 17.6 Å². The molecule has 2 aliphatic rings. The number of fused-ring (bicyclic) bond motifs is 1. The Hall–Kier alpha value is -1.45. The van der Waals surface area contributed by atoms with Crippen LogP contribution in [0.1, 0.15) is 30.5 Å². The first-order valence-corrected chi connectivity index (χ1v) is 5.40. The molecule has 4 nitrogen and oxygen atoms in total. The van der Waals surface area contributed by atoms with Gasteiger partial charge in [-0.25, -0.2) is 9.97 Å². The summed E-state index contributed by atoms with van der Waals surface area (Å²) in [7, 11) is 0. The summed E-state index contributed by atoms with van der Waals surface area (Å²) in [5.41, 5.74) is 2.17. The molecular weight excluding hydrogens is 190 g/mol. The van der Waals surface area contributed by atoms with Crippen LogP contribution in [0.25, 0.3) is 0 Å². The number of carbonyl (C=O) groups excluding carboxylic acids is 1. The van der Waals surface area contributed by atoms with Gasteiger partial charge in [0.2, 0.25) is 5.91 Å². The summed E-state index contributed by atoms with van der Waals surface area (Å²) < 4.78 is 0. The fraction of sp³-hybridized carbons (Fsp3) is 0.545. The molecule has 0 N–H and O–H groups in total. The quantitative estimate of drug-likeness (QED) is 0.689. The van der Waals surface area contributed by atoms with Crippen molar-refractivity contribution in [1.29, 1.82) is 0 Å². The smallest absolute Gasteiger partial charge is 0.228 e. The van der Waals surface area contributed by atoms with E-state index in [9.17, 15) is 4.79 Å². The molecule has 1 aromatic heterocycles. The number of carbonyl (C=O) groups is 1. The number of anilines is 1. The fourth-order valence-electron chi connectivity index (χ4n) is 2.17. The van der Waals surface area contributed by atoms with Gasteiger partial charge in [-0.3, -0.25) is 9.69 Å². The molecule has 4 heteroatoms. The number of amides is 1. The number of aryl methyl sites for hydroxylation is 1. The van der Waals surface area contributed by atoms with Crippen molar-refractivity contribution < 1.29 is 4.79 Å². The lowest BCUT2D eigenvalue weighted by Gasteiger charge is -2.28. The highest BCUT2D eigenvalue weighted by atomic mass is 16.2. The fourth-order valence-corrected chi connectivity index (χ4v) is 2.17. The lowest BCUT2D eigenvalue weighted by Crippen LogP contribution is -2.38. The van der Waals surface area contributed by atoms with E-state index < -0.39 is 0 Å². The Morgan fingerprint density at radius 2 is 2.13 bits per heavy atom. The SMILES string of the molecule is Cc1ncnc2c1CCC(=O)N2C1CC1. The van der Waals surface area contributed by atoms with E-state index in [2.05, 4.69) is 9.97 Å². The summed E-state index contributed by atoms with van der Waals surface area (Å²) in [5, 5.41) is 0. The van der Waals surface area contributed by atoms with Crippen molar-refractivity contribution in [3.8, 4) is 0 Å². The van der Waals surface area contributed by atoms with Gasteiger partial charge >= 0.3 is 0 Å². The number of hydrogen-bond donors (Lipinski definition) is 0. The Kier molecular flexibility index (Phi) is 1.78. The molecule has 0 unspecified atom stereocenters. The maximum atomic E-state index is 11.8. The molecule has 1 amide bonds. The van der Waals surface area contributed by atoms with Gasteiger partial charge in [-0.2, -0.15) is 0 Å². The summed E-state index contributed by atoms with van der Waals surface area (Å²) >= 11 is 0. The van der Waals surface area contributed by atoms with Gasteiger partial charge in [-0.15, -0.1) is 0 Å². The molecular formula is C11H13N3O. The van der Waals surface area contributed by atoms with E-state index in [-0.39, 0.29) is 5.91 Å². The van der Waals surface area contributed by atoms with Gasteiger partial charge in [0, 0.05) is 23.7 Å². The Morgan fingerprint density at radius 1 is 1.33 bits per heavy atom. The molecule has 15 heavy (non-hydrogen) atoms. The van der Waals surface area contributed by atoms with Crippen molar-refractivity contribution in [2.45, 2.75) is 38.6 Å². The van der Waals surface area contributed by atoms with Crippen LogP contribution >= 0.6 is 0 Å². The lowest BCUT2D eigenvalue weighted by molar-refractivity contribution is -0.119. The predicted molar refractivity (Wildman–Crippen MR) is 55.6 cm³/mol. The largest absolute Gasteiger partial charge is 0.293 e. The summed E-state index contributed by atoms with van der Waals surface area (Å²) in [4.78, 5) is 22.1. The molecule has 0 spiro atoms. The monoisotopic (exact) mass is 203 g/mol. The molecule has 0 saturated heterocycles. The van der Waals surface area contributed by atoms with Crippen LogP contribution in [0.15, 0.2) is 6.33 Å². The van der Waals surface area contributed by atoms with Crippen molar-refractivity contribution in [3.63, 3.8) is 0 Å². The van der Waals surface area contributed by atoms with Gasteiger partial charge in [0.25, 0.3) is 0 Å². The van der Waals surface area contributed by atoms with Gasteiger partial charge in [0.1, 0.15) is 12.1 Å². The Balaban J connectivity index is 2.10. The van der Waals surface area contributed by atoms with Crippen LogP contribution in [0.5, 0.6) is 0 Å². The number of aromatic nitrogens is 2. The van der Waals surface area contributed by atoms with Gasteiger partial charge in [0.15, 0.2) is 0 Å². The molecule has 1 aliphatic heterocycles.